The Balaban J connectivity index is 1.68. The molecule has 1 aliphatic rings. The molecular weight excluding hydrogens is 478 g/mol. The van der Waals surface area contributed by atoms with Crippen LogP contribution in [0.5, 0.6) is 17.2 Å². The normalized spacial score (nSPS) is 12.9. The van der Waals surface area contributed by atoms with E-state index in [-0.39, 0.29) is 22.9 Å². The number of rotatable bonds is 4. The Morgan fingerprint density at radius 2 is 1.42 bits per heavy atom. The highest BCUT2D eigenvalue weighted by Crippen LogP contribution is 2.57. The van der Waals surface area contributed by atoms with E-state index in [1.807, 2.05) is 36.4 Å². The van der Waals surface area contributed by atoms with E-state index in [2.05, 4.69) is 4.98 Å². The fraction of sp³-hybridized carbons (Fsp3) is 0.0323. The molecule has 0 atom stereocenters. The van der Waals surface area contributed by atoms with Crippen LogP contribution in [0.25, 0.3) is 11.1 Å². The second kappa shape index (κ2) is 8.67. The number of phenolic OH excluding ortho intramolecular Hbond substituents is 2. The van der Waals surface area contributed by atoms with Gasteiger partial charge in [0.15, 0.2) is 0 Å². The molecule has 1 aromatic heterocycles. The molecule has 1 heterocycles. The number of anilines is 2. The van der Waals surface area contributed by atoms with Crippen LogP contribution in [-0.4, -0.2) is 21.2 Å². The molecule has 0 spiro atoms. The van der Waals surface area contributed by atoms with E-state index >= 15 is 0 Å². The van der Waals surface area contributed by atoms with E-state index < -0.39 is 11.4 Å². The van der Waals surface area contributed by atoms with Gasteiger partial charge in [0, 0.05) is 11.8 Å². The first-order chi connectivity index (χ1) is 18.4. The first-order valence-electron chi connectivity index (χ1n) is 11.9. The third kappa shape index (κ3) is 3.37. The summed E-state index contributed by atoms with van der Waals surface area (Å²) in [5.74, 6) is -0.245. The van der Waals surface area contributed by atoms with Crippen molar-refractivity contribution in [3.63, 3.8) is 0 Å². The highest BCUT2D eigenvalue weighted by molar-refractivity contribution is 6.03. The maximum atomic E-state index is 13.5. The summed E-state index contributed by atoms with van der Waals surface area (Å²) in [7, 11) is 0. The minimum absolute atomic E-state index is 0.0329. The van der Waals surface area contributed by atoms with Crippen molar-refractivity contribution < 1.29 is 19.7 Å². The van der Waals surface area contributed by atoms with Crippen LogP contribution >= 0.6 is 0 Å². The molecule has 38 heavy (non-hydrogen) atoms. The lowest BCUT2D eigenvalue weighted by molar-refractivity contribution is 0.0735. The summed E-state index contributed by atoms with van der Waals surface area (Å²) >= 11 is 0. The standard InChI is InChI=1S/C31H23N3O4/c32-25-15-18(10-12-27(25)35)31(19-11-13-28(36)26(33)16-19)23-8-2-1-6-21(23)29-22(7-3-9-24(29)31)30(37)38-20-5-4-14-34-17-20/h1-17,35-36H,32-33H2. The number of nitrogens with two attached hydrogens (primary N) is 2. The van der Waals surface area contributed by atoms with Crippen molar-refractivity contribution in [1.82, 2.24) is 4.98 Å². The minimum Gasteiger partial charge on any atom is -0.506 e. The number of aromatic hydroxyl groups is 2. The molecule has 7 nitrogen and oxygen atoms in total. The summed E-state index contributed by atoms with van der Waals surface area (Å²) in [6.45, 7) is 0. The van der Waals surface area contributed by atoms with Crippen molar-refractivity contribution >= 4 is 17.3 Å². The topological polar surface area (TPSA) is 132 Å². The summed E-state index contributed by atoms with van der Waals surface area (Å²) in [5.41, 5.74) is 17.0. The van der Waals surface area contributed by atoms with E-state index in [9.17, 15) is 15.0 Å². The summed E-state index contributed by atoms with van der Waals surface area (Å²) in [5, 5.41) is 20.4. The molecule has 0 amide bonds. The molecule has 0 aliphatic heterocycles. The average molecular weight is 502 g/mol. The minimum atomic E-state index is -0.958. The largest absolute Gasteiger partial charge is 0.506 e. The van der Waals surface area contributed by atoms with Gasteiger partial charge in [0.25, 0.3) is 0 Å². The molecule has 0 saturated carbocycles. The van der Waals surface area contributed by atoms with E-state index in [1.54, 1.807) is 60.8 Å². The van der Waals surface area contributed by atoms with Gasteiger partial charge in [0.2, 0.25) is 0 Å². The molecule has 1 aliphatic carbocycles. The quantitative estimate of drug-likeness (QED) is 0.148. The third-order valence-corrected chi connectivity index (χ3v) is 7.05. The molecule has 6 rings (SSSR count). The number of carbonyl (C=O) groups excluding carboxylic acids is 1. The van der Waals surface area contributed by atoms with E-state index in [1.165, 1.54) is 6.20 Å². The maximum Gasteiger partial charge on any atom is 0.344 e. The van der Waals surface area contributed by atoms with Crippen molar-refractivity contribution in [1.29, 1.82) is 0 Å². The van der Waals surface area contributed by atoms with E-state index in [4.69, 9.17) is 16.2 Å². The number of nitrogens with zero attached hydrogens (tertiary/aromatic N) is 1. The summed E-state index contributed by atoms with van der Waals surface area (Å²) in [4.78, 5) is 17.5. The van der Waals surface area contributed by atoms with Crippen LogP contribution in [-0.2, 0) is 5.41 Å². The number of nitrogen functional groups attached to an aromatic ring is 2. The number of hydrogen-bond donors (Lipinski definition) is 4. The van der Waals surface area contributed by atoms with Crippen molar-refractivity contribution in [2.24, 2.45) is 0 Å². The summed E-state index contributed by atoms with van der Waals surface area (Å²) in [6, 6.07) is 26.9. The van der Waals surface area contributed by atoms with Crippen LogP contribution < -0.4 is 16.2 Å². The van der Waals surface area contributed by atoms with Crippen LogP contribution in [0.3, 0.4) is 0 Å². The molecule has 0 unspecified atom stereocenters. The number of hydrogen-bond acceptors (Lipinski definition) is 7. The molecule has 0 radical (unpaired) electrons. The van der Waals surface area contributed by atoms with Crippen LogP contribution in [0.4, 0.5) is 11.4 Å². The number of esters is 1. The highest BCUT2D eigenvalue weighted by atomic mass is 16.5. The number of aromatic nitrogens is 1. The van der Waals surface area contributed by atoms with Crippen molar-refractivity contribution in [3.8, 4) is 28.4 Å². The van der Waals surface area contributed by atoms with Crippen LogP contribution in [0, 0.1) is 0 Å². The number of pyridine rings is 1. The highest BCUT2D eigenvalue weighted by Gasteiger charge is 2.47. The van der Waals surface area contributed by atoms with Gasteiger partial charge in [0.05, 0.1) is 28.6 Å². The first-order valence-corrected chi connectivity index (χ1v) is 11.9. The zero-order chi connectivity index (χ0) is 26.4. The van der Waals surface area contributed by atoms with Gasteiger partial charge in [-0.1, -0.05) is 48.5 Å². The number of fused-ring (bicyclic) bond motifs is 3. The number of ether oxygens (including phenoxy) is 1. The van der Waals surface area contributed by atoms with Gasteiger partial charge in [-0.3, -0.25) is 4.98 Å². The Kier molecular flexibility index (Phi) is 5.28. The monoisotopic (exact) mass is 501 g/mol. The van der Waals surface area contributed by atoms with Gasteiger partial charge in [-0.15, -0.1) is 0 Å². The third-order valence-electron chi connectivity index (χ3n) is 7.05. The first kappa shape index (κ1) is 23.1. The number of benzene rings is 4. The molecule has 6 N–H and O–H groups in total. The van der Waals surface area contributed by atoms with Crippen molar-refractivity contribution in [2.45, 2.75) is 5.41 Å². The Labute approximate surface area is 218 Å². The van der Waals surface area contributed by atoms with Gasteiger partial charge in [-0.25, -0.2) is 4.79 Å². The number of phenols is 2. The molecule has 186 valence electrons. The van der Waals surface area contributed by atoms with E-state index in [0.717, 1.165) is 33.4 Å². The number of carbonyl (C=O) groups is 1. The Morgan fingerprint density at radius 1 is 0.763 bits per heavy atom. The molecule has 0 bridgehead atoms. The zero-order valence-electron chi connectivity index (χ0n) is 20.1. The Morgan fingerprint density at radius 3 is 2.05 bits per heavy atom. The van der Waals surface area contributed by atoms with Crippen LogP contribution in [0.2, 0.25) is 0 Å². The molecule has 0 saturated heterocycles. The van der Waals surface area contributed by atoms with Gasteiger partial charge in [-0.05, 0) is 70.3 Å². The van der Waals surface area contributed by atoms with Crippen molar-refractivity contribution in [2.75, 3.05) is 11.5 Å². The lowest BCUT2D eigenvalue weighted by Crippen LogP contribution is -2.29. The summed E-state index contributed by atoms with van der Waals surface area (Å²) in [6.07, 6.45) is 3.09. The Bertz CT molecular complexity index is 1670. The van der Waals surface area contributed by atoms with Gasteiger partial charge < -0.3 is 26.4 Å². The zero-order valence-corrected chi connectivity index (χ0v) is 20.1. The average Bonchev–Trinajstić information content (AvgIpc) is 3.24. The lowest BCUT2D eigenvalue weighted by atomic mass is 9.67. The fourth-order valence-electron chi connectivity index (χ4n) is 5.43. The molecular formula is C31H23N3O4. The molecule has 0 fully saturated rings. The van der Waals surface area contributed by atoms with E-state index in [0.29, 0.717) is 11.3 Å². The van der Waals surface area contributed by atoms with Gasteiger partial charge >= 0.3 is 5.97 Å². The lowest BCUT2D eigenvalue weighted by Gasteiger charge is -2.34. The molecule has 5 aromatic rings. The predicted octanol–water partition coefficient (Wildman–Crippen LogP) is 5.24. The van der Waals surface area contributed by atoms with Crippen LogP contribution in [0.1, 0.15) is 32.6 Å². The van der Waals surface area contributed by atoms with Gasteiger partial charge in [-0.2, -0.15) is 0 Å². The summed E-state index contributed by atoms with van der Waals surface area (Å²) < 4.78 is 5.68. The molecule has 4 aromatic carbocycles. The fourth-order valence-corrected chi connectivity index (χ4v) is 5.43. The molecule has 7 heteroatoms. The van der Waals surface area contributed by atoms with Crippen LogP contribution in [0.15, 0.2) is 103 Å². The second-order valence-corrected chi connectivity index (χ2v) is 9.15. The smallest absolute Gasteiger partial charge is 0.344 e. The Hall–Kier alpha value is -5.30. The predicted molar refractivity (Wildman–Crippen MR) is 145 cm³/mol. The van der Waals surface area contributed by atoms with Crippen molar-refractivity contribution in [3.05, 3.63) is 131 Å². The second-order valence-electron chi connectivity index (χ2n) is 9.15. The van der Waals surface area contributed by atoms with Gasteiger partial charge in [0.1, 0.15) is 17.2 Å². The maximum absolute atomic E-state index is 13.5. The SMILES string of the molecule is Nc1cc(C2(c3ccc(O)c(N)c3)c3ccccc3-c3c(C(=O)Oc4cccnc4)cccc32)ccc1O.